The van der Waals surface area contributed by atoms with Crippen LogP contribution in [0, 0.1) is 35.8 Å². The number of amides is 1. The van der Waals surface area contributed by atoms with Crippen LogP contribution in [-0.4, -0.2) is 53.4 Å². The van der Waals surface area contributed by atoms with E-state index in [9.17, 15) is 14.9 Å². The number of hydrogen-bond donors (Lipinski definition) is 1. The molecule has 2 aromatic rings. The van der Waals surface area contributed by atoms with Gasteiger partial charge in [0.05, 0.1) is 4.92 Å². The van der Waals surface area contributed by atoms with Crippen LogP contribution >= 0.6 is 0 Å². The van der Waals surface area contributed by atoms with E-state index in [1.807, 2.05) is 23.1 Å². The van der Waals surface area contributed by atoms with E-state index >= 15 is 0 Å². The van der Waals surface area contributed by atoms with Gasteiger partial charge in [0.15, 0.2) is 0 Å². The van der Waals surface area contributed by atoms with Crippen molar-refractivity contribution < 1.29 is 9.72 Å². The first kappa shape index (κ1) is 21.5. The molecule has 2 aliphatic heterocycles. The topological polar surface area (TPSA) is 92.7 Å². The highest BCUT2D eigenvalue weighted by Crippen LogP contribution is 2.33. The molecule has 1 amide bonds. The average molecular weight is 423 g/mol. The molecular formula is C24H30N4O3. The Morgan fingerprint density at radius 2 is 1.68 bits per heavy atom. The molecule has 2 unspecified atom stereocenters. The quantitative estimate of drug-likeness (QED) is 0.570. The van der Waals surface area contributed by atoms with E-state index in [-0.39, 0.29) is 17.6 Å². The zero-order valence-corrected chi connectivity index (χ0v) is 18.2. The normalized spacial score (nSPS) is 21.8. The fourth-order valence-electron chi connectivity index (χ4n) is 5.17. The first-order valence-electron chi connectivity index (χ1n) is 10.9. The van der Waals surface area contributed by atoms with Gasteiger partial charge in [-0.3, -0.25) is 14.9 Å². The number of benzene rings is 2. The second kappa shape index (κ2) is 8.77. The van der Waals surface area contributed by atoms with Crippen LogP contribution in [0.1, 0.15) is 39.5 Å². The number of rotatable bonds is 6. The Morgan fingerprint density at radius 1 is 1.10 bits per heavy atom. The largest absolute Gasteiger partial charge is 0.338 e. The Morgan fingerprint density at radius 3 is 2.23 bits per heavy atom. The van der Waals surface area contributed by atoms with Crippen molar-refractivity contribution in [3.05, 3.63) is 74.8 Å². The molecule has 0 spiro atoms. The summed E-state index contributed by atoms with van der Waals surface area (Å²) < 4.78 is 0. The zero-order chi connectivity index (χ0) is 22.1. The van der Waals surface area contributed by atoms with Gasteiger partial charge in [-0.05, 0) is 55.3 Å². The molecule has 2 saturated heterocycles. The van der Waals surface area contributed by atoms with Crippen LogP contribution in [-0.2, 0) is 0 Å². The van der Waals surface area contributed by atoms with Gasteiger partial charge in [-0.2, -0.15) is 0 Å². The minimum atomic E-state index is -0.410. The summed E-state index contributed by atoms with van der Waals surface area (Å²) >= 11 is 0. The summed E-state index contributed by atoms with van der Waals surface area (Å²) in [4.78, 5) is 28.3. The number of carbonyl (C=O) groups excluding carboxylic acids is 1. The molecule has 2 fully saturated rings. The van der Waals surface area contributed by atoms with Gasteiger partial charge in [-0.1, -0.05) is 30.3 Å². The molecule has 4 rings (SSSR count). The lowest BCUT2D eigenvalue weighted by Crippen LogP contribution is -2.34. The van der Waals surface area contributed by atoms with Gasteiger partial charge in [-0.25, -0.2) is 0 Å². The number of fused-ring (bicyclic) bond motifs is 1. The third kappa shape index (κ3) is 4.48. The number of nitro groups is 1. The summed E-state index contributed by atoms with van der Waals surface area (Å²) in [5.74, 6) is 0.961. The smallest absolute Gasteiger partial charge is 0.270 e. The van der Waals surface area contributed by atoms with E-state index in [4.69, 9.17) is 5.73 Å². The fourth-order valence-corrected chi connectivity index (χ4v) is 5.17. The van der Waals surface area contributed by atoms with E-state index in [2.05, 4.69) is 17.0 Å². The molecule has 0 saturated carbocycles. The second-order valence-corrected chi connectivity index (χ2v) is 9.01. The Bertz CT molecular complexity index is 941. The highest BCUT2D eigenvalue weighted by molar-refractivity contribution is 5.97. The van der Waals surface area contributed by atoms with Gasteiger partial charge in [0, 0.05) is 49.9 Å². The molecule has 0 radical (unpaired) electrons. The Balaban J connectivity index is 1.33. The molecule has 7 nitrogen and oxygen atoms in total. The van der Waals surface area contributed by atoms with Gasteiger partial charge in [0.25, 0.3) is 11.6 Å². The van der Waals surface area contributed by atoms with Crippen LogP contribution in [0.4, 0.5) is 5.69 Å². The first-order chi connectivity index (χ1) is 14.8. The van der Waals surface area contributed by atoms with Gasteiger partial charge in [-0.15, -0.1) is 0 Å². The highest BCUT2D eigenvalue weighted by Gasteiger charge is 2.42. The lowest BCUT2D eigenvalue weighted by molar-refractivity contribution is -0.385. The first-order valence-corrected chi connectivity index (χ1v) is 10.9. The van der Waals surface area contributed by atoms with E-state index in [0.29, 0.717) is 28.5 Å². The molecule has 3 atom stereocenters. The van der Waals surface area contributed by atoms with Crippen molar-refractivity contribution in [2.75, 3.05) is 32.7 Å². The van der Waals surface area contributed by atoms with Gasteiger partial charge in [0.1, 0.15) is 0 Å². The molecule has 0 bridgehead atoms. The van der Waals surface area contributed by atoms with Crippen LogP contribution in [0.25, 0.3) is 0 Å². The zero-order valence-electron chi connectivity index (χ0n) is 18.2. The van der Waals surface area contributed by atoms with Crippen LogP contribution in [0.5, 0.6) is 0 Å². The number of non-ortho nitro benzene ring substituents is 1. The Kier molecular flexibility index (Phi) is 6.07. The maximum absolute atomic E-state index is 13.2. The van der Waals surface area contributed by atoms with Gasteiger partial charge in [0.2, 0.25) is 0 Å². The third-order valence-corrected chi connectivity index (χ3v) is 6.78. The van der Waals surface area contributed by atoms with Crippen molar-refractivity contribution in [3.8, 4) is 0 Å². The number of nitrogens with two attached hydrogens (primary N) is 1. The van der Waals surface area contributed by atoms with E-state index < -0.39 is 4.92 Å². The van der Waals surface area contributed by atoms with Crippen molar-refractivity contribution >= 4 is 11.6 Å². The Labute approximate surface area is 183 Å². The summed E-state index contributed by atoms with van der Waals surface area (Å²) in [6.45, 7) is 8.02. The molecule has 0 aliphatic carbocycles. The summed E-state index contributed by atoms with van der Waals surface area (Å²) in [6, 6.07) is 13.2. The average Bonchev–Trinajstić information content (AvgIpc) is 3.31. The number of nitro benzene ring substituents is 1. The number of hydrogen-bond acceptors (Lipinski definition) is 5. The third-order valence-electron chi connectivity index (χ3n) is 6.78. The molecule has 31 heavy (non-hydrogen) atoms. The van der Waals surface area contributed by atoms with Crippen LogP contribution in [0.15, 0.2) is 42.5 Å². The van der Waals surface area contributed by atoms with E-state index in [0.717, 1.165) is 39.1 Å². The van der Waals surface area contributed by atoms with Crippen molar-refractivity contribution in [3.63, 3.8) is 0 Å². The van der Waals surface area contributed by atoms with Gasteiger partial charge >= 0.3 is 0 Å². The predicted octanol–water partition coefficient (Wildman–Crippen LogP) is 3.31. The molecular weight excluding hydrogens is 392 g/mol. The van der Waals surface area contributed by atoms with Crippen molar-refractivity contribution in [1.29, 1.82) is 0 Å². The molecule has 0 aromatic heterocycles. The molecule has 2 aliphatic rings. The lowest BCUT2D eigenvalue weighted by atomic mass is 10.0. The Hall–Kier alpha value is -2.77. The fraction of sp³-hybridized carbons (Fsp3) is 0.458. The summed E-state index contributed by atoms with van der Waals surface area (Å²) in [5, 5.41) is 11.1. The minimum absolute atomic E-state index is 0.00283. The number of aryl methyl sites for hydroxylation is 2. The number of nitrogens with zero attached hydrogens (tertiary/aromatic N) is 3. The van der Waals surface area contributed by atoms with Crippen molar-refractivity contribution in [1.82, 2.24) is 9.80 Å². The van der Waals surface area contributed by atoms with E-state index in [1.165, 1.54) is 17.7 Å². The lowest BCUT2D eigenvalue weighted by Gasteiger charge is -2.24. The molecule has 7 heteroatoms. The van der Waals surface area contributed by atoms with Crippen molar-refractivity contribution in [2.45, 2.75) is 26.3 Å². The van der Waals surface area contributed by atoms with Crippen LogP contribution < -0.4 is 5.73 Å². The minimum Gasteiger partial charge on any atom is -0.338 e. The summed E-state index contributed by atoms with van der Waals surface area (Å²) in [7, 11) is 0. The monoisotopic (exact) mass is 422 g/mol. The van der Waals surface area contributed by atoms with Crippen LogP contribution in [0.3, 0.4) is 0 Å². The SMILES string of the molecule is Cc1cc([N+](=O)[O-])cc(C)c1C(=O)N1CC2CN(CC[C@H](N)c3ccccc3)CC2C1. The molecule has 2 N–H and O–H groups in total. The molecule has 2 heterocycles. The van der Waals surface area contributed by atoms with Gasteiger partial charge < -0.3 is 15.5 Å². The summed E-state index contributed by atoms with van der Waals surface area (Å²) in [6.07, 6.45) is 0.924. The maximum atomic E-state index is 13.2. The summed E-state index contributed by atoms with van der Waals surface area (Å²) in [5.41, 5.74) is 9.51. The predicted molar refractivity (Wildman–Crippen MR) is 120 cm³/mol. The maximum Gasteiger partial charge on any atom is 0.270 e. The molecule has 2 aromatic carbocycles. The van der Waals surface area contributed by atoms with E-state index in [1.54, 1.807) is 13.8 Å². The van der Waals surface area contributed by atoms with Crippen molar-refractivity contribution in [2.24, 2.45) is 17.6 Å². The number of carbonyl (C=O) groups is 1. The highest BCUT2D eigenvalue weighted by atomic mass is 16.6. The standard InChI is InChI=1S/C24H30N4O3/c1-16-10-21(28(30)31)11-17(2)23(16)24(29)27-14-19-12-26(13-20(19)15-27)9-8-22(25)18-6-4-3-5-7-18/h3-7,10-11,19-20,22H,8-9,12-15,25H2,1-2H3/t19?,20?,22-/m0/s1. The van der Waals surface area contributed by atoms with Crippen LogP contribution in [0.2, 0.25) is 0 Å². The number of likely N-dealkylation sites (tertiary alicyclic amines) is 2. The molecule has 164 valence electrons. The second-order valence-electron chi connectivity index (χ2n) is 9.01.